The predicted molar refractivity (Wildman–Crippen MR) is 41.1 cm³/mol. The molecule has 5 heteroatoms. The van der Waals surface area contributed by atoms with Gasteiger partial charge in [0.25, 0.3) is 6.43 Å². The molecule has 0 aliphatic heterocycles. The van der Waals surface area contributed by atoms with Gasteiger partial charge < -0.3 is 4.74 Å². The van der Waals surface area contributed by atoms with Gasteiger partial charge in [0.15, 0.2) is 6.29 Å². The molecule has 1 heterocycles. The molecule has 0 amide bonds. The SMILES string of the molecule is COc1nc(C=O)ccc1C(F)F. The highest BCUT2D eigenvalue weighted by atomic mass is 19.3. The number of nitrogens with zero attached hydrogens (tertiary/aromatic N) is 1. The number of hydrogen-bond acceptors (Lipinski definition) is 3. The lowest BCUT2D eigenvalue weighted by atomic mass is 10.2. The molecule has 0 aliphatic rings. The third-order valence-electron chi connectivity index (χ3n) is 1.46. The molecule has 0 bridgehead atoms. The van der Waals surface area contributed by atoms with Crippen LogP contribution in [0.2, 0.25) is 0 Å². The predicted octanol–water partition coefficient (Wildman–Crippen LogP) is 1.84. The van der Waals surface area contributed by atoms with E-state index in [1.807, 2.05) is 0 Å². The van der Waals surface area contributed by atoms with Crippen molar-refractivity contribution in [2.24, 2.45) is 0 Å². The monoisotopic (exact) mass is 187 g/mol. The Morgan fingerprint density at radius 3 is 2.69 bits per heavy atom. The molecule has 1 rings (SSSR count). The van der Waals surface area contributed by atoms with Crippen molar-refractivity contribution in [3.05, 3.63) is 23.4 Å². The summed E-state index contributed by atoms with van der Waals surface area (Å²) >= 11 is 0. The molecule has 0 saturated heterocycles. The van der Waals surface area contributed by atoms with E-state index in [1.54, 1.807) is 0 Å². The number of methoxy groups -OCH3 is 1. The van der Waals surface area contributed by atoms with E-state index in [9.17, 15) is 13.6 Å². The highest BCUT2D eigenvalue weighted by Crippen LogP contribution is 2.26. The molecule has 0 aromatic carbocycles. The molecule has 0 unspecified atom stereocenters. The van der Waals surface area contributed by atoms with Crippen LogP contribution in [-0.2, 0) is 0 Å². The summed E-state index contributed by atoms with van der Waals surface area (Å²) in [4.78, 5) is 13.8. The molecular weight excluding hydrogens is 180 g/mol. The molecule has 70 valence electrons. The number of aromatic nitrogens is 1. The molecule has 3 nitrogen and oxygen atoms in total. The van der Waals surface area contributed by atoms with Crippen LogP contribution in [0.1, 0.15) is 22.5 Å². The van der Waals surface area contributed by atoms with Crippen LogP contribution in [0.5, 0.6) is 5.88 Å². The molecule has 1 aromatic rings. The number of alkyl halides is 2. The first-order valence-electron chi connectivity index (χ1n) is 3.47. The summed E-state index contributed by atoms with van der Waals surface area (Å²) in [6.45, 7) is 0. The van der Waals surface area contributed by atoms with Crippen molar-refractivity contribution >= 4 is 6.29 Å². The Bertz CT molecular complexity index is 315. The summed E-state index contributed by atoms with van der Waals surface area (Å²) in [5.41, 5.74) is -0.241. The minimum absolute atomic E-state index is 0.0706. The van der Waals surface area contributed by atoms with Crippen molar-refractivity contribution in [2.45, 2.75) is 6.43 Å². The smallest absolute Gasteiger partial charge is 0.269 e. The number of carbonyl (C=O) groups is 1. The Morgan fingerprint density at radius 2 is 2.23 bits per heavy atom. The highest BCUT2D eigenvalue weighted by Gasteiger charge is 2.15. The average molecular weight is 187 g/mol. The van der Waals surface area contributed by atoms with Gasteiger partial charge in [0.05, 0.1) is 12.7 Å². The Labute approximate surface area is 73.4 Å². The van der Waals surface area contributed by atoms with Crippen LogP contribution in [0.3, 0.4) is 0 Å². The van der Waals surface area contributed by atoms with Crippen molar-refractivity contribution in [2.75, 3.05) is 7.11 Å². The molecular formula is C8H7F2NO2. The van der Waals surface area contributed by atoms with E-state index in [0.29, 0.717) is 6.29 Å². The van der Waals surface area contributed by atoms with Crippen LogP contribution in [0.15, 0.2) is 12.1 Å². The number of pyridine rings is 1. The maximum absolute atomic E-state index is 12.2. The maximum atomic E-state index is 12.2. The number of ether oxygens (including phenoxy) is 1. The fourth-order valence-electron chi connectivity index (χ4n) is 0.861. The van der Waals surface area contributed by atoms with Gasteiger partial charge in [-0.1, -0.05) is 0 Å². The third kappa shape index (κ3) is 1.99. The van der Waals surface area contributed by atoms with E-state index >= 15 is 0 Å². The van der Waals surface area contributed by atoms with E-state index in [4.69, 9.17) is 0 Å². The summed E-state index contributed by atoms with van der Waals surface area (Å²) in [5.74, 6) is -0.209. The van der Waals surface area contributed by atoms with Crippen LogP contribution >= 0.6 is 0 Å². The first kappa shape index (κ1) is 9.57. The molecule has 0 spiro atoms. The molecule has 0 aliphatic carbocycles. The first-order chi connectivity index (χ1) is 6.19. The van der Waals surface area contributed by atoms with Gasteiger partial charge in [0.2, 0.25) is 5.88 Å². The van der Waals surface area contributed by atoms with Gasteiger partial charge in [-0.2, -0.15) is 0 Å². The summed E-state index contributed by atoms with van der Waals surface area (Å²) in [7, 11) is 1.22. The van der Waals surface area contributed by atoms with Gasteiger partial charge in [-0.25, -0.2) is 13.8 Å². The van der Waals surface area contributed by atoms with Crippen LogP contribution < -0.4 is 4.74 Å². The van der Waals surface area contributed by atoms with Crippen molar-refractivity contribution in [1.29, 1.82) is 0 Å². The van der Waals surface area contributed by atoms with Gasteiger partial charge >= 0.3 is 0 Å². The summed E-state index contributed by atoms with van der Waals surface area (Å²) in [5, 5.41) is 0. The van der Waals surface area contributed by atoms with Crippen LogP contribution in [0.25, 0.3) is 0 Å². The van der Waals surface area contributed by atoms with E-state index in [1.165, 1.54) is 13.2 Å². The third-order valence-corrected chi connectivity index (χ3v) is 1.46. The maximum Gasteiger partial charge on any atom is 0.269 e. The number of halogens is 2. The standard InChI is InChI=1S/C8H7F2NO2/c1-13-8-6(7(9)10)3-2-5(4-12)11-8/h2-4,7H,1H3. The van der Waals surface area contributed by atoms with Crippen LogP contribution in [-0.4, -0.2) is 18.4 Å². The normalized spacial score (nSPS) is 10.2. The number of aldehydes is 1. The second kappa shape index (κ2) is 3.93. The lowest BCUT2D eigenvalue weighted by molar-refractivity contribution is 0.111. The highest BCUT2D eigenvalue weighted by molar-refractivity contribution is 5.72. The molecule has 0 atom stereocenters. The van der Waals surface area contributed by atoms with Gasteiger partial charge in [0.1, 0.15) is 5.69 Å². The largest absolute Gasteiger partial charge is 0.481 e. The van der Waals surface area contributed by atoms with Crippen LogP contribution in [0, 0.1) is 0 Å². The van der Waals surface area contributed by atoms with Gasteiger partial charge in [-0.3, -0.25) is 4.79 Å². The van der Waals surface area contributed by atoms with Gasteiger partial charge in [-0.05, 0) is 12.1 Å². The summed E-state index contributed by atoms with van der Waals surface area (Å²) in [6.07, 6.45) is -2.18. The second-order valence-electron chi connectivity index (χ2n) is 2.25. The minimum atomic E-state index is -2.65. The van der Waals surface area contributed by atoms with E-state index in [-0.39, 0.29) is 17.1 Å². The van der Waals surface area contributed by atoms with Gasteiger partial charge in [0, 0.05) is 0 Å². The van der Waals surface area contributed by atoms with Crippen molar-refractivity contribution in [1.82, 2.24) is 4.98 Å². The number of hydrogen-bond donors (Lipinski definition) is 0. The number of carbonyl (C=O) groups excluding carboxylic acids is 1. The zero-order valence-electron chi connectivity index (χ0n) is 6.83. The fourth-order valence-corrected chi connectivity index (χ4v) is 0.861. The fraction of sp³-hybridized carbons (Fsp3) is 0.250. The van der Waals surface area contributed by atoms with E-state index in [2.05, 4.69) is 9.72 Å². The molecule has 0 saturated carbocycles. The minimum Gasteiger partial charge on any atom is -0.481 e. The van der Waals surface area contributed by atoms with Gasteiger partial charge in [-0.15, -0.1) is 0 Å². The van der Waals surface area contributed by atoms with Crippen LogP contribution in [0.4, 0.5) is 8.78 Å². The lowest BCUT2D eigenvalue weighted by Crippen LogP contribution is -1.98. The van der Waals surface area contributed by atoms with Crippen molar-refractivity contribution in [3.8, 4) is 5.88 Å². The molecule has 1 aromatic heterocycles. The summed E-state index contributed by atoms with van der Waals surface area (Å²) < 4.78 is 29.1. The second-order valence-corrected chi connectivity index (χ2v) is 2.25. The lowest BCUT2D eigenvalue weighted by Gasteiger charge is -2.05. The Morgan fingerprint density at radius 1 is 1.54 bits per heavy atom. The molecule has 0 fully saturated rings. The van der Waals surface area contributed by atoms with Crippen molar-refractivity contribution < 1.29 is 18.3 Å². The Balaban J connectivity index is 3.15. The zero-order valence-corrected chi connectivity index (χ0v) is 6.83. The Kier molecular flexibility index (Phi) is 2.89. The number of rotatable bonds is 3. The van der Waals surface area contributed by atoms with E-state index in [0.717, 1.165) is 6.07 Å². The average Bonchev–Trinajstić information content (AvgIpc) is 2.16. The Hall–Kier alpha value is -1.52. The van der Waals surface area contributed by atoms with E-state index < -0.39 is 6.43 Å². The van der Waals surface area contributed by atoms with Crippen molar-refractivity contribution in [3.63, 3.8) is 0 Å². The summed E-state index contributed by atoms with van der Waals surface area (Å²) in [6, 6.07) is 2.34. The quantitative estimate of drug-likeness (QED) is 0.677. The molecule has 0 radical (unpaired) electrons. The molecule has 13 heavy (non-hydrogen) atoms. The first-order valence-corrected chi connectivity index (χ1v) is 3.47. The zero-order chi connectivity index (χ0) is 9.84. The molecule has 0 N–H and O–H groups in total. The topological polar surface area (TPSA) is 39.2 Å².